The van der Waals surface area contributed by atoms with E-state index in [-0.39, 0.29) is 11.4 Å². The van der Waals surface area contributed by atoms with Crippen LogP contribution in [0, 0.1) is 13.8 Å². The lowest BCUT2D eigenvalue weighted by Gasteiger charge is -2.29. The zero-order valence-corrected chi connectivity index (χ0v) is 17.2. The molecule has 0 spiro atoms. The van der Waals surface area contributed by atoms with Crippen LogP contribution in [0.4, 0.5) is 0 Å². The molecule has 2 aromatic rings. The summed E-state index contributed by atoms with van der Waals surface area (Å²) >= 11 is 6.05. The van der Waals surface area contributed by atoms with Crippen molar-refractivity contribution in [1.29, 1.82) is 0 Å². The van der Waals surface area contributed by atoms with E-state index in [9.17, 15) is 8.42 Å². The maximum atomic E-state index is 12.8. The van der Waals surface area contributed by atoms with Crippen LogP contribution in [0.25, 0.3) is 0 Å². The molecule has 26 heavy (non-hydrogen) atoms. The van der Waals surface area contributed by atoms with Gasteiger partial charge in [-0.15, -0.1) is 0 Å². The minimum atomic E-state index is -3.71. The van der Waals surface area contributed by atoms with Crippen LogP contribution in [0.1, 0.15) is 23.6 Å². The van der Waals surface area contributed by atoms with E-state index in [4.69, 9.17) is 21.1 Å². The van der Waals surface area contributed by atoms with Crippen molar-refractivity contribution in [3.8, 4) is 5.75 Å². The van der Waals surface area contributed by atoms with Gasteiger partial charge in [-0.2, -0.15) is 0 Å². The molecule has 0 aromatic heterocycles. The van der Waals surface area contributed by atoms with E-state index in [2.05, 4.69) is 4.72 Å². The van der Waals surface area contributed by atoms with E-state index in [1.165, 1.54) is 7.11 Å². The highest BCUT2D eigenvalue weighted by molar-refractivity contribution is 7.89. The summed E-state index contributed by atoms with van der Waals surface area (Å²) in [6.07, 6.45) is 0. The van der Waals surface area contributed by atoms with Gasteiger partial charge in [-0.1, -0.05) is 23.7 Å². The first-order chi connectivity index (χ1) is 12.1. The first-order valence-electron chi connectivity index (χ1n) is 8.09. The van der Waals surface area contributed by atoms with Gasteiger partial charge in [-0.25, -0.2) is 13.1 Å². The third-order valence-electron chi connectivity index (χ3n) is 4.43. The summed E-state index contributed by atoms with van der Waals surface area (Å²) in [5.41, 5.74) is 1.46. The largest absolute Gasteiger partial charge is 0.496 e. The Kier molecular flexibility index (Phi) is 6.34. The number of rotatable bonds is 7. The molecule has 0 fully saturated rings. The average molecular weight is 398 g/mol. The summed E-state index contributed by atoms with van der Waals surface area (Å²) in [5.74, 6) is 0.685. The number of ether oxygens (including phenoxy) is 2. The van der Waals surface area contributed by atoms with Crippen LogP contribution >= 0.6 is 11.6 Å². The Labute approximate surface area is 160 Å². The molecule has 0 saturated carbocycles. The lowest BCUT2D eigenvalue weighted by molar-refractivity contribution is 0.00699. The minimum absolute atomic E-state index is 0.0658. The van der Waals surface area contributed by atoms with Gasteiger partial charge in [0.25, 0.3) is 0 Å². The number of sulfonamides is 1. The van der Waals surface area contributed by atoms with Gasteiger partial charge in [0.2, 0.25) is 10.0 Å². The van der Waals surface area contributed by atoms with Crippen LogP contribution in [0.15, 0.2) is 41.3 Å². The topological polar surface area (TPSA) is 64.6 Å². The highest BCUT2D eigenvalue weighted by Crippen LogP contribution is 2.29. The van der Waals surface area contributed by atoms with Crippen molar-refractivity contribution in [3.63, 3.8) is 0 Å². The number of nitrogens with one attached hydrogen (secondary N) is 1. The smallest absolute Gasteiger partial charge is 0.240 e. The van der Waals surface area contributed by atoms with Gasteiger partial charge in [0.05, 0.1) is 12.0 Å². The fraction of sp³-hybridized carbons (Fsp3) is 0.368. The van der Waals surface area contributed by atoms with Crippen molar-refractivity contribution in [3.05, 3.63) is 58.1 Å². The standard InChI is InChI=1S/C19H24ClNO4S/c1-13-9-17(10-14(2)18(13)24-4)26(22,23)21-12-19(3,25-5)15-7-6-8-16(20)11-15/h6-11,21H,12H2,1-5H3. The summed E-state index contributed by atoms with van der Waals surface area (Å²) in [6.45, 7) is 5.51. The Hall–Kier alpha value is -1.60. The lowest BCUT2D eigenvalue weighted by atomic mass is 9.96. The molecule has 0 saturated heterocycles. The Morgan fingerprint density at radius 1 is 1.12 bits per heavy atom. The second kappa shape index (κ2) is 7.96. The first-order valence-corrected chi connectivity index (χ1v) is 9.95. The molecular weight excluding hydrogens is 374 g/mol. The number of halogens is 1. The van der Waals surface area contributed by atoms with Crippen LogP contribution in [-0.4, -0.2) is 29.2 Å². The maximum Gasteiger partial charge on any atom is 0.240 e. The molecule has 0 bridgehead atoms. The van der Waals surface area contributed by atoms with E-state index in [1.807, 2.05) is 26.8 Å². The van der Waals surface area contributed by atoms with Gasteiger partial charge in [0.15, 0.2) is 0 Å². The second-order valence-corrected chi connectivity index (χ2v) is 8.56. The van der Waals surface area contributed by atoms with Gasteiger partial charge in [-0.05, 0) is 61.7 Å². The molecule has 2 aromatic carbocycles. The van der Waals surface area contributed by atoms with Gasteiger partial charge in [0, 0.05) is 18.7 Å². The highest BCUT2D eigenvalue weighted by atomic mass is 35.5. The monoisotopic (exact) mass is 397 g/mol. The van der Waals surface area contributed by atoms with Gasteiger partial charge in [-0.3, -0.25) is 0 Å². The van der Waals surface area contributed by atoms with Crippen molar-refractivity contribution in [2.75, 3.05) is 20.8 Å². The molecule has 1 atom stereocenters. The number of aryl methyl sites for hydroxylation is 2. The van der Waals surface area contributed by atoms with Crippen molar-refractivity contribution < 1.29 is 17.9 Å². The van der Waals surface area contributed by atoms with Crippen molar-refractivity contribution in [2.45, 2.75) is 31.3 Å². The predicted molar refractivity (Wildman–Crippen MR) is 103 cm³/mol. The zero-order chi connectivity index (χ0) is 19.5. The third kappa shape index (κ3) is 4.38. The fourth-order valence-corrected chi connectivity index (χ4v) is 4.30. The first kappa shape index (κ1) is 20.7. The van der Waals surface area contributed by atoms with Crippen LogP contribution < -0.4 is 9.46 Å². The lowest BCUT2D eigenvalue weighted by Crippen LogP contribution is -2.40. The van der Waals surface area contributed by atoms with Crippen LogP contribution in [0.3, 0.4) is 0 Å². The predicted octanol–water partition coefficient (Wildman–Crippen LogP) is 3.81. The average Bonchev–Trinajstić information content (AvgIpc) is 2.59. The molecule has 2 rings (SSSR count). The number of hydrogen-bond acceptors (Lipinski definition) is 4. The summed E-state index contributed by atoms with van der Waals surface area (Å²) in [7, 11) is -0.605. The molecule has 1 unspecified atom stereocenters. The summed E-state index contributed by atoms with van der Waals surface area (Å²) in [5, 5.41) is 0.565. The zero-order valence-electron chi connectivity index (χ0n) is 15.6. The number of methoxy groups -OCH3 is 2. The van der Waals surface area contributed by atoms with Crippen LogP contribution in [0.5, 0.6) is 5.75 Å². The van der Waals surface area contributed by atoms with Gasteiger partial charge < -0.3 is 9.47 Å². The van der Waals surface area contributed by atoms with E-state index < -0.39 is 15.6 Å². The Bertz CT molecular complexity index is 875. The summed E-state index contributed by atoms with van der Waals surface area (Å²) < 4.78 is 39.1. The highest BCUT2D eigenvalue weighted by Gasteiger charge is 2.29. The van der Waals surface area contributed by atoms with Crippen molar-refractivity contribution in [1.82, 2.24) is 4.72 Å². The van der Waals surface area contributed by atoms with E-state index in [0.717, 1.165) is 16.7 Å². The Morgan fingerprint density at radius 2 is 1.73 bits per heavy atom. The molecule has 1 N–H and O–H groups in total. The summed E-state index contributed by atoms with van der Waals surface area (Å²) in [6, 6.07) is 10.4. The van der Waals surface area contributed by atoms with Crippen LogP contribution in [-0.2, 0) is 20.4 Å². The number of benzene rings is 2. The van der Waals surface area contributed by atoms with Gasteiger partial charge in [0.1, 0.15) is 11.4 Å². The molecule has 0 aliphatic rings. The fourth-order valence-electron chi connectivity index (χ4n) is 2.81. The molecule has 0 radical (unpaired) electrons. The molecule has 7 heteroatoms. The Balaban J connectivity index is 2.29. The van der Waals surface area contributed by atoms with Gasteiger partial charge >= 0.3 is 0 Å². The molecule has 0 amide bonds. The molecule has 142 valence electrons. The van der Waals surface area contributed by atoms with Crippen molar-refractivity contribution in [2.24, 2.45) is 0 Å². The maximum absolute atomic E-state index is 12.8. The summed E-state index contributed by atoms with van der Waals surface area (Å²) in [4.78, 5) is 0.192. The van der Waals surface area contributed by atoms with E-state index in [0.29, 0.717) is 10.8 Å². The third-order valence-corrected chi connectivity index (χ3v) is 6.05. The normalized spacial score (nSPS) is 14.1. The molecule has 5 nitrogen and oxygen atoms in total. The quantitative estimate of drug-likeness (QED) is 0.771. The molecule has 0 aliphatic carbocycles. The van der Waals surface area contributed by atoms with Crippen molar-refractivity contribution >= 4 is 21.6 Å². The SMILES string of the molecule is COc1c(C)cc(S(=O)(=O)NCC(C)(OC)c2cccc(Cl)c2)cc1C. The Morgan fingerprint density at radius 3 is 2.23 bits per heavy atom. The molecule has 0 heterocycles. The second-order valence-electron chi connectivity index (χ2n) is 6.36. The molecular formula is C19H24ClNO4S. The number of hydrogen-bond donors (Lipinski definition) is 1. The van der Waals surface area contributed by atoms with E-state index >= 15 is 0 Å². The van der Waals surface area contributed by atoms with E-state index in [1.54, 1.807) is 37.4 Å². The van der Waals surface area contributed by atoms with Crippen LogP contribution in [0.2, 0.25) is 5.02 Å². The minimum Gasteiger partial charge on any atom is -0.496 e. The molecule has 0 aliphatic heterocycles.